The Bertz CT molecular complexity index is 735. The molecule has 7 nitrogen and oxygen atoms in total. The molecule has 0 amide bonds. The minimum atomic E-state index is -0.373. The van der Waals surface area contributed by atoms with Crippen molar-refractivity contribution in [2.24, 2.45) is 10.2 Å². The zero-order valence-electron chi connectivity index (χ0n) is 14.0. The van der Waals surface area contributed by atoms with Crippen molar-refractivity contribution in [2.45, 2.75) is 13.8 Å². The Morgan fingerprint density at radius 2 is 2.04 bits per heavy atom. The van der Waals surface area contributed by atoms with Gasteiger partial charge in [-0.25, -0.2) is 4.79 Å². The third kappa shape index (κ3) is 5.05. The summed E-state index contributed by atoms with van der Waals surface area (Å²) in [4.78, 5) is 13.3. The van der Waals surface area contributed by atoms with E-state index in [0.29, 0.717) is 36.0 Å². The van der Waals surface area contributed by atoms with Crippen LogP contribution >= 0.6 is 0 Å². The first-order valence-electron chi connectivity index (χ1n) is 7.44. The van der Waals surface area contributed by atoms with Crippen molar-refractivity contribution < 1.29 is 14.1 Å². The molecule has 0 fully saturated rings. The van der Waals surface area contributed by atoms with E-state index in [-0.39, 0.29) is 5.97 Å². The quantitative estimate of drug-likeness (QED) is 0.437. The number of likely N-dealkylation sites (N-methyl/N-ethyl adjacent to an activating group) is 1. The number of aromatic nitrogens is 1. The van der Waals surface area contributed by atoms with Crippen LogP contribution in [0.3, 0.4) is 0 Å². The highest BCUT2D eigenvalue weighted by Gasteiger charge is 2.05. The molecular weight excluding hydrogens is 308 g/mol. The lowest BCUT2D eigenvalue weighted by Crippen LogP contribution is -2.23. The predicted molar refractivity (Wildman–Crippen MR) is 90.9 cm³/mol. The second-order valence-electron chi connectivity index (χ2n) is 5.35. The molecule has 1 aromatic heterocycles. The monoisotopic (exact) mass is 328 g/mol. The zero-order chi connectivity index (χ0) is 17.5. The van der Waals surface area contributed by atoms with Crippen LogP contribution in [0, 0.1) is 6.92 Å². The van der Waals surface area contributed by atoms with Crippen molar-refractivity contribution in [2.75, 3.05) is 25.1 Å². The number of nitrogens with zero attached hydrogens (tertiary/aromatic N) is 4. The number of azo groups is 1. The predicted octanol–water partition coefficient (Wildman–Crippen LogP) is 3.95. The Kier molecular flexibility index (Phi) is 5.83. The van der Waals surface area contributed by atoms with Gasteiger partial charge >= 0.3 is 5.97 Å². The van der Waals surface area contributed by atoms with Crippen molar-refractivity contribution in [1.82, 2.24) is 5.16 Å². The van der Waals surface area contributed by atoms with E-state index < -0.39 is 0 Å². The van der Waals surface area contributed by atoms with Crippen LogP contribution in [0.25, 0.3) is 0 Å². The van der Waals surface area contributed by atoms with E-state index in [4.69, 9.17) is 9.26 Å². The van der Waals surface area contributed by atoms with E-state index in [1.54, 1.807) is 19.9 Å². The van der Waals surface area contributed by atoms with Crippen molar-refractivity contribution >= 4 is 23.2 Å². The topological polar surface area (TPSA) is 80.3 Å². The lowest BCUT2D eigenvalue weighted by atomic mass is 10.2. The number of hydrogen-bond donors (Lipinski definition) is 0. The lowest BCUT2D eigenvalue weighted by molar-refractivity contribution is -0.138. The average molecular weight is 328 g/mol. The molecule has 0 spiro atoms. The second kappa shape index (κ2) is 8.05. The number of anilines is 1. The van der Waals surface area contributed by atoms with Gasteiger partial charge in [0.1, 0.15) is 12.4 Å². The fourth-order valence-corrected chi connectivity index (χ4v) is 1.81. The summed E-state index contributed by atoms with van der Waals surface area (Å²) in [5.74, 6) is 0.753. The normalized spacial score (nSPS) is 10.8. The maximum atomic E-state index is 11.3. The molecule has 0 unspecified atom stereocenters. The Hall–Kier alpha value is -2.96. The summed E-state index contributed by atoms with van der Waals surface area (Å²) in [5.41, 5.74) is 2.09. The van der Waals surface area contributed by atoms with Gasteiger partial charge in [0.25, 0.3) is 0 Å². The number of carbonyl (C=O) groups is 1. The SMILES string of the molecule is C=C(C)C(=O)OCCN(C)c1ccc(N=Nc2cc(C)on2)cc1. The standard InChI is InChI=1S/C17H20N4O3/c1-12(2)17(22)23-10-9-21(4)15-7-5-14(6-8-15)18-19-16-11-13(3)24-20-16/h5-8,11H,1,9-10H2,2-4H3. The van der Waals surface area contributed by atoms with Crippen molar-refractivity contribution in [3.63, 3.8) is 0 Å². The Morgan fingerprint density at radius 3 is 2.62 bits per heavy atom. The number of carbonyl (C=O) groups excluding carboxylic acids is 1. The van der Waals surface area contributed by atoms with Crippen LogP contribution in [0.1, 0.15) is 12.7 Å². The van der Waals surface area contributed by atoms with Gasteiger partial charge in [-0.2, -0.15) is 0 Å². The molecule has 0 atom stereocenters. The molecule has 2 rings (SSSR count). The minimum absolute atomic E-state index is 0.301. The van der Waals surface area contributed by atoms with Gasteiger partial charge in [-0.3, -0.25) is 0 Å². The van der Waals surface area contributed by atoms with Gasteiger partial charge in [0.15, 0.2) is 0 Å². The number of esters is 1. The largest absolute Gasteiger partial charge is 0.460 e. The second-order valence-corrected chi connectivity index (χ2v) is 5.35. The fourth-order valence-electron chi connectivity index (χ4n) is 1.81. The van der Waals surface area contributed by atoms with Crippen LogP contribution in [-0.2, 0) is 9.53 Å². The number of aryl methyl sites for hydroxylation is 1. The number of benzene rings is 1. The Morgan fingerprint density at radius 1 is 1.33 bits per heavy atom. The highest BCUT2D eigenvalue weighted by molar-refractivity contribution is 5.86. The molecule has 0 saturated carbocycles. The van der Waals surface area contributed by atoms with Crippen LogP contribution in [0.15, 0.2) is 57.2 Å². The van der Waals surface area contributed by atoms with Crippen LogP contribution in [0.2, 0.25) is 0 Å². The molecule has 1 heterocycles. The summed E-state index contributed by atoms with van der Waals surface area (Å²) >= 11 is 0. The fraction of sp³-hybridized carbons (Fsp3) is 0.294. The van der Waals surface area contributed by atoms with Crippen molar-refractivity contribution in [1.29, 1.82) is 0 Å². The molecule has 0 aliphatic rings. The maximum absolute atomic E-state index is 11.3. The summed E-state index contributed by atoms with van der Waals surface area (Å²) < 4.78 is 10.0. The molecule has 7 heteroatoms. The van der Waals surface area contributed by atoms with Crippen LogP contribution in [-0.4, -0.2) is 31.3 Å². The molecule has 2 aromatic rings. The van der Waals surface area contributed by atoms with Gasteiger partial charge in [-0.15, -0.1) is 10.2 Å². The highest BCUT2D eigenvalue weighted by atomic mass is 16.5. The van der Waals surface area contributed by atoms with Gasteiger partial charge in [0.2, 0.25) is 5.82 Å². The van der Waals surface area contributed by atoms with E-state index in [1.165, 1.54) is 0 Å². The molecule has 0 aliphatic heterocycles. The number of rotatable bonds is 7. The first-order valence-corrected chi connectivity index (χ1v) is 7.44. The van der Waals surface area contributed by atoms with Gasteiger partial charge in [-0.05, 0) is 38.1 Å². The number of ether oxygens (including phenoxy) is 1. The minimum Gasteiger partial charge on any atom is -0.460 e. The Balaban J connectivity index is 1.87. The molecule has 126 valence electrons. The van der Waals surface area contributed by atoms with E-state index >= 15 is 0 Å². The van der Waals surface area contributed by atoms with Crippen LogP contribution in [0.5, 0.6) is 0 Å². The summed E-state index contributed by atoms with van der Waals surface area (Å²) in [5, 5.41) is 11.8. The van der Waals surface area contributed by atoms with Crippen molar-refractivity contribution in [3.05, 3.63) is 48.2 Å². The zero-order valence-corrected chi connectivity index (χ0v) is 14.0. The van der Waals surface area contributed by atoms with Gasteiger partial charge in [-0.1, -0.05) is 11.7 Å². The van der Waals surface area contributed by atoms with Gasteiger partial charge < -0.3 is 14.2 Å². The molecule has 0 bridgehead atoms. The highest BCUT2D eigenvalue weighted by Crippen LogP contribution is 2.21. The maximum Gasteiger partial charge on any atom is 0.333 e. The molecule has 0 N–H and O–H groups in total. The Labute approximate surface area is 140 Å². The van der Waals surface area contributed by atoms with Crippen LogP contribution < -0.4 is 4.90 Å². The first-order chi connectivity index (χ1) is 11.5. The summed E-state index contributed by atoms with van der Waals surface area (Å²) in [6.45, 7) is 7.85. The van der Waals surface area contributed by atoms with E-state index in [9.17, 15) is 4.79 Å². The molecule has 24 heavy (non-hydrogen) atoms. The van der Waals surface area contributed by atoms with E-state index in [1.807, 2.05) is 36.2 Å². The first kappa shape index (κ1) is 17.4. The molecule has 0 saturated heterocycles. The summed E-state index contributed by atoms with van der Waals surface area (Å²) in [6, 6.07) is 9.24. The van der Waals surface area contributed by atoms with E-state index in [2.05, 4.69) is 22.0 Å². The molecule has 1 aromatic carbocycles. The molecular formula is C17H20N4O3. The van der Waals surface area contributed by atoms with E-state index in [0.717, 1.165) is 5.69 Å². The van der Waals surface area contributed by atoms with Gasteiger partial charge in [0.05, 0.1) is 12.2 Å². The van der Waals surface area contributed by atoms with Crippen molar-refractivity contribution in [3.8, 4) is 0 Å². The number of hydrogen-bond acceptors (Lipinski definition) is 7. The lowest BCUT2D eigenvalue weighted by Gasteiger charge is -2.19. The van der Waals surface area contributed by atoms with Crippen LogP contribution in [0.4, 0.5) is 17.2 Å². The smallest absolute Gasteiger partial charge is 0.333 e. The third-order valence-corrected chi connectivity index (χ3v) is 3.18. The van der Waals surface area contributed by atoms with Gasteiger partial charge in [0, 0.05) is 24.4 Å². The summed E-state index contributed by atoms with van der Waals surface area (Å²) in [6.07, 6.45) is 0. The average Bonchev–Trinajstić information content (AvgIpc) is 2.98. The molecule has 0 radical (unpaired) electrons. The third-order valence-electron chi connectivity index (χ3n) is 3.18. The summed E-state index contributed by atoms with van der Waals surface area (Å²) in [7, 11) is 1.92. The molecule has 0 aliphatic carbocycles.